The van der Waals surface area contributed by atoms with Crippen LogP contribution in [0.15, 0.2) is 86.0 Å². The van der Waals surface area contributed by atoms with E-state index in [1.165, 1.54) is 0 Å². The smallest absolute Gasteiger partial charge is 0.338 e. The first-order valence-corrected chi connectivity index (χ1v) is 9.70. The number of hydrogen-bond acceptors (Lipinski definition) is 2. The van der Waals surface area contributed by atoms with E-state index < -0.39 is 8.32 Å². The maximum absolute atomic E-state index is 6.53. The summed E-state index contributed by atoms with van der Waals surface area (Å²) in [7, 11) is -1.13. The minimum absolute atomic E-state index is 0.270. The van der Waals surface area contributed by atoms with Gasteiger partial charge in [0.25, 0.3) is 0 Å². The average molecular weight is 334 g/mol. The Bertz CT molecular complexity index is 666. The molecule has 2 aromatic carbocycles. The van der Waals surface area contributed by atoms with Crippen molar-refractivity contribution >= 4 is 18.7 Å². The summed E-state index contributed by atoms with van der Waals surface area (Å²) in [4.78, 5) is 0. The summed E-state index contributed by atoms with van der Waals surface area (Å²) < 4.78 is 11.6. The third kappa shape index (κ3) is 4.12. The molecule has 3 heteroatoms. The van der Waals surface area contributed by atoms with Crippen molar-refractivity contribution in [1.29, 1.82) is 0 Å². The van der Waals surface area contributed by atoms with Crippen LogP contribution in [0, 0.1) is 11.5 Å². The molecule has 122 valence electrons. The van der Waals surface area contributed by atoms with Crippen LogP contribution in [0.5, 0.6) is 0 Å². The van der Waals surface area contributed by atoms with Gasteiger partial charge in [0, 0.05) is 7.11 Å². The average Bonchev–Trinajstić information content (AvgIpc) is 2.66. The molecule has 0 heterocycles. The molecule has 0 aliphatic carbocycles. The lowest BCUT2D eigenvalue weighted by Crippen LogP contribution is -2.61. The van der Waals surface area contributed by atoms with Gasteiger partial charge in [-0.15, -0.1) is 13.2 Å². The summed E-state index contributed by atoms with van der Waals surface area (Å²) in [6.45, 7) is 8.07. The third-order valence-corrected chi connectivity index (χ3v) is 7.07. The monoisotopic (exact) mass is 334 g/mol. The largest absolute Gasteiger partial charge is 0.389 e. The van der Waals surface area contributed by atoms with Gasteiger partial charge in [-0.2, -0.15) is 0 Å². The first-order chi connectivity index (χ1) is 11.8. The van der Waals surface area contributed by atoms with E-state index in [2.05, 4.69) is 48.9 Å². The predicted octanol–water partition coefficient (Wildman–Crippen LogP) is 2.69. The van der Waals surface area contributed by atoms with Crippen molar-refractivity contribution in [3.05, 3.63) is 86.0 Å². The van der Waals surface area contributed by atoms with Gasteiger partial charge in [0.05, 0.1) is 6.10 Å². The van der Waals surface area contributed by atoms with Gasteiger partial charge in [-0.1, -0.05) is 84.3 Å². The van der Waals surface area contributed by atoms with Crippen LogP contribution < -0.4 is 10.4 Å². The minimum atomic E-state index is -2.77. The molecule has 0 N–H and O–H groups in total. The SMILES string of the molecule is C=CC(C=C)O[Si](C#CCOC)(c1ccccc1)c1ccccc1. The van der Waals surface area contributed by atoms with E-state index in [1.807, 2.05) is 36.4 Å². The molecule has 0 fully saturated rings. The quantitative estimate of drug-likeness (QED) is 0.440. The summed E-state index contributed by atoms with van der Waals surface area (Å²) >= 11 is 0. The van der Waals surface area contributed by atoms with E-state index in [4.69, 9.17) is 9.16 Å². The van der Waals surface area contributed by atoms with Crippen LogP contribution in [0.25, 0.3) is 0 Å². The van der Waals surface area contributed by atoms with Crippen LogP contribution in [-0.2, 0) is 9.16 Å². The molecule has 0 aromatic heterocycles. The highest BCUT2D eigenvalue weighted by Gasteiger charge is 2.40. The molecule has 0 radical (unpaired) electrons. The van der Waals surface area contributed by atoms with Crippen LogP contribution in [0.3, 0.4) is 0 Å². The van der Waals surface area contributed by atoms with Gasteiger partial charge in [0.2, 0.25) is 0 Å². The molecule has 0 atom stereocenters. The molecule has 2 rings (SSSR count). The second kappa shape index (κ2) is 9.04. The van der Waals surface area contributed by atoms with Crippen molar-refractivity contribution in [3.8, 4) is 11.5 Å². The molecule has 2 aromatic rings. The van der Waals surface area contributed by atoms with Gasteiger partial charge >= 0.3 is 8.32 Å². The zero-order valence-corrected chi connectivity index (χ0v) is 14.9. The molecule has 2 nitrogen and oxygen atoms in total. The highest BCUT2D eigenvalue weighted by Crippen LogP contribution is 2.12. The summed E-state index contributed by atoms with van der Waals surface area (Å²) in [5, 5.41) is 2.18. The van der Waals surface area contributed by atoms with Gasteiger partial charge in [-0.25, -0.2) is 0 Å². The first-order valence-electron chi connectivity index (χ1n) is 7.79. The number of hydrogen-bond donors (Lipinski definition) is 0. The molecule has 0 aliphatic heterocycles. The van der Waals surface area contributed by atoms with Crippen molar-refractivity contribution in [2.45, 2.75) is 6.10 Å². The molecular weight excluding hydrogens is 312 g/mol. The minimum Gasteiger partial charge on any atom is -0.389 e. The van der Waals surface area contributed by atoms with E-state index in [0.29, 0.717) is 6.61 Å². The normalized spacial score (nSPS) is 10.8. The molecule has 0 bridgehead atoms. The van der Waals surface area contributed by atoms with Crippen molar-refractivity contribution in [2.75, 3.05) is 13.7 Å². The molecule has 0 saturated heterocycles. The Morgan fingerprint density at radius 1 is 0.958 bits per heavy atom. The summed E-state index contributed by atoms with van der Waals surface area (Å²) in [5.41, 5.74) is 3.41. The van der Waals surface area contributed by atoms with Crippen molar-refractivity contribution in [1.82, 2.24) is 0 Å². The molecule has 24 heavy (non-hydrogen) atoms. The summed E-state index contributed by atoms with van der Waals surface area (Å²) in [5.74, 6) is 3.12. The first kappa shape index (κ1) is 18.0. The van der Waals surface area contributed by atoms with E-state index in [-0.39, 0.29) is 6.10 Å². The Kier molecular flexibility index (Phi) is 6.77. The van der Waals surface area contributed by atoms with E-state index >= 15 is 0 Å². The fourth-order valence-electron chi connectivity index (χ4n) is 2.45. The maximum Gasteiger partial charge on any atom is 0.338 e. The third-order valence-electron chi connectivity index (χ3n) is 3.62. The second-order valence-electron chi connectivity index (χ2n) is 5.20. The lowest BCUT2D eigenvalue weighted by Gasteiger charge is -2.29. The van der Waals surface area contributed by atoms with Crippen LogP contribution in [-0.4, -0.2) is 28.1 Å². The molecule has 0 aliphatic rings. The molecular formula is C21H22O2Si. The highest BCUT2D eigenvalue weighted by atomic mass is 28.4. The van der Waals surface area contributed by atoms with Crippen molar-refractivity contribution in [3.63, 3.8) is 0 Å². The molecule has 0 unspecified atom stereocenters. The van der Waals surface area contributed by atoms with Gasteiger partial charge in [0.1, 0.15) is 6.61 Å². The van der Waals surface area contributed by atoms with Crippen LogP contribution >= 0.6 is 0 Å². The highest BCUT2D eigenvalue weighted by molar-refractivity contribution is 7.03. The molecule has 0 spiro atoms. The van der Waals surface area contributed by atoms with Crippen LogP contribution in [0.4, 0.5) is 0 Å². The zero-order valence-electron chi connectivity index (χ0n) is 13.9. The predicted molar refractivity (Wildman–Crippen MR) is 103 cm³/mol. The number of ether oxygens (including phenoxy) is 1. The van der Waals surface area contributed by atoms with E-state index in [9.17, 15) is 0 Å². The molecule has 0 saturated carbocycles. The Morgan fingerprint density at radius 2 is 1.46 bits per heavy atom. The van der Waals surface area contributed by atoms with Crippen LogP contribution in [0.2, 0.25) is 0 Å². The van der Waals surface area contributed by atoms with Crippen molar-refractivity contribution < 1.29 is 9.16 Å². The number of benzene rings is 2. The fourth-order valence-corrected chi connectivity index (χ4v) is 5.65. The Hall–Kier alpha value is -2.38. The Balaban J connectivity index is 2.65. The second-order valence-corrected chi connectivity index (χ2v) is 8.20. The Morgan fingerprint density at radius 3 is 1.88 bits per heavy atom. The van der Waals surface area contributed by atoms with E-state index in [0.717, 1.165) is 10.4 Å². The fraction of sp³-hybridized carbons (Fsp3) is 0.143. The lowest BCUT2D eigenvalue weighted by atomic mass is 10.4. The zero-order chi connectivity index (χ0) is 17.3. The molecule has 0 amide bonds. The maximum atomic E-state index is 6.53. The standard InChI is InChI=1S/C21H22O2Si/c1-4-19(5-2)23-24(18-12-17-22-3,20-13-8-6-9-14-20)21-15-10-7-11-16-21/h4-11,13-16,19H,1-2,17H2,3H3. The van der Waals surface area contributed by atoms with E-state index in [1.54, 1.807) is 19.3 Å². The number of methoxy groups -OCH3 is 1. The number of rotatable bonds is 7. The van der Waals surface area contributed by atoms with Gasteiger partial charge in [-0.3, -0.25) is 0 Å². The topological polar surface area (TPSA) is 18.5 Å². The Labute approximate surface area is 145 Å². The summed E-state index contributed by atoms with van der Waals surface area (Å²) in [6, 6.07) is 20.3. The van der Waals surface area contributed by atoms with Gasteiger partial charge in [-0.05, 0) is 10.4 Å². The van der Waals surface area contributed by atoms with Crippen LogP contribution in [0.1, 0.15) is 0 Å². The van der Waals surface area contributed by atoms with Gasteiger partial charge < -0.3 is 9.16 Å². The summed E-state index contributed by atoms with van der Waals surface area (Å²) in [6.07, 6.45) is 3.23. The lowest BCUT2D eigenvalue weighted by molar-refractivity contribution is 0.239. The van der Waals surface area contributed by atoms with Gasteiger partial charge in [0.15, 0.2) is 0 Å². The van der Waals surface area contributed by atoms with Crippen molar-refractivity contribution in [2.24, 2.45) is 0 Å².